The van der Waals surface area contributed by atoms with Crippen LogP contribution in [0.5, 0.6) is 0 Å². The van der Waals surface area contributed by atoms with Crippen LogP contribution in [0.1, 0.15) is 54.7 Å². The van der Waals surface area contributed by atoms with E-state index in [-0.39, 0.29) is 48.1 Å². The molecular formula is C20H25N9O3. The Morgan fingerprint density at radius 3 is 2.84 bits per heavy atom. The number of carbonyl (C=O) groups is 3. The molecule has 2 aliphatic carbocycles. The largest absolute Gasteiger partial charge is 0.349 e. The summed E-state index contributed by atoms with van der Waals surface area (Å²) in [5, 5.41) is 25.0. The molecule has 32 heavy (non-hydrogen) atoms. The summed E-state index contributed by atoms with van der Waals surface area (Å²) in [5.74, 6) is -0.179. The van der Waals surface area contributed by atoms with Crippen molar-refractivity contribution in [3.63, 3.8) is 0 Å². The third-order valence-electron chi connectivity index (χ3n) is 7.41. The molecule has 4 heterocycles. The molecule has 12 nitrogen and oxygen atoms in total. The summed E-state index contributed by atoms with van der Waals surface area (Å²) in [6.45, 7) is 1.42. The molecule has 4 aliphatic rings. The lowest BCUT2D eigenvalue weighted by Crippen LogP contribution is -2.52. The van der Waals surface area contributed by atoms with Crippen LogP contribution in [0.25, 0.3) is 0 Å². The maximum absolute atomic E-state index is 12.9. The number of carbonyl (C=O) groups excluding carboxylic acids is 3. The fourth-order valence-corrected chi connectivity index (χ4v) is 5.34. The number of H-pyrrole nitrogens is 1. The van der Waals surface area contributed by atoms with Gasteiger partial charge in [-0.1, -0.05) is 5.21 Å². The Morgan fingerprint density at radius 2 is 2.06 bits per heavy atom. The third kappa shape index (κ3) is 3.07. The molecule has 2 aromatic rings. The summed E-state index contributed by atoms with van der Waals surface area (Å²) in [6, 6.07) is -0.367. The number of nitrogens with one attached hydrogen (secondary N) is 3. The van der Waals surface area contributed by atoms with Gasteiger partial charge in [-0.15, -0.1) is 5.10 Å². The maximum Gasteiger partial charge on any atom is 0.243 e. The van der Waals surface area contributed by atoms with Crippen molar-refractivity contribution in [2.45, 2.75) is 56.7 Å². The zero-order valence-electron chi connectivity index (χ0n) is 17.5. The van der Waals surface area contributed by atoms with Gasteiger partial charge in [-0.3, -0.25) is 14.4 Å². The first-order valence-electron chi connectivity index (χ1n) is 11.3. The molecule has 3 amide bonds. The summed E-state index contributed by atoms with van der Waals surface area (Å²) >= 11 is 0. The number of hydrogen-bond acceptors (Lipinski definition) is 7. The molecule has 2 saturated heterocycles. The van der Waals surface area contributed by atoms with Crippen molar-refractivity contribution in [2.24, 2.45) is 11.8 Å². The molecule has 1 saturated carbocycles. The topological polar surface area (TPSA) is 151 Å². The van der Waals surface area contributed by atoms with E-state index in [0.717, 1.165) is 43.5 Å². The van der Waals surface area contributed by atoms with Crippen molar-refractivity contribution in [3.8, 4) is 0 Å². The first-order valence-corrected chi connectivity index (χ1v) is 11.3. The summed E-state index contributed by atoms with van der Waals surface area (Å²) in [6.07, 6.45) is 6.20. The van der Waals surface area contributed by atoms with Gasteiger partial charge >= 0.3 is 0 Å². The van der Waals surface area contributed by atoms with Gasteiger partial charge in [0.1, 0.15) is 11.7 Å². The smallest absolute Gasteiger partial charge is 0.243 e. The molecule has 168 valence electrons. The Labute approximate surface area is 183 Å². The van der Waals surface area contributed by atoms with E-state index in [9.17, 15) is 14.4 Å². The van der Waals surface area contributed by atoms with E-state index < -0.39 is 6.04 Å². The minimum Gasteiger partial charge on any atom is -0.349 e. The summed E-state index contributed by atoms with van der Waals surface area (Å²) in [4.78, 5) is 39.0. The van der Waals surface area contributed by atoms with Crippen molar-refractivity contribution in [1.29, 1.82) is 0 Å². The van der Waals surface area contributed by atoms with Gasteiger partial charge in [-0.25, -0.2) is 4.68 Å². The van der Waals surface area contributed by atoms with Crippen molar-refractivity contribution in [3.05, 3.63) is 23.3 Å². The summed E-state index contributed by atoms with van der Waals surface area (Å²) in [7, 11) is 0. The van der Waals surface area contributed by atoms with Gasteiger partial charge in [-0.2, -0.15) is 15.4 Å². The molecule has 0 aromatic carbocycles. The monoisotopic (exact) mass is 439 g/mol. The number of rotatable bonds is 5. The fourth-order valence-electron chi connectivity index (χ4n) is 5.34. The minimum absolute atomic E-state index is 0.000357. The van der Waals surface area contributed by atoms with E-state index >= 15 is 0 Å². The van der Waals surface area contributed by atoms with E-state index in [1.807, 2.05) is 11.1 Å². The summed E-state index contributed by atoms with van der Waals surface area (Å²) in [5.41, 5.74) is 2.34. The molecule has 1 unspecified atom stereocenters. The first-order chi connectivity index (χ1) is 15.6. The first kappa shape index (κ1) is 19.4. The number of aromatic nitrogens is 6. The number of fused-ring (bicyclic) bond motifs is 2. The lowest BCUT2D eigenvalue weighted by atomic mass is 9.72. The standard InChI is InChI=1S/C20H25N9O3/c30-18-13-5-4-12(13)17(22-18)19(31)21-6-10-7-29(27-23-10)11-8-28(9-11)20(32)14-2-1-3-15-16(14)25-26-24-15/h7,11-14,17H,1-6,8-9H2,(H,21,31)(H,22,30)(H,24,25,26)/t12-,13+,14?,17-/m1/s1. The Bertz CT molecular complexity index is 1070. The molecule has 4 atom stereocenters. The third-order valence-corrected chi connectivity index (χ3v) is 7.41. The average molecular weight is 439 g/mol. The normalized spacial score (nSPS) is 28.9. The Hall–Kier alpha value is -3.31. The van der Waals surface area contributed by atoms with Crippen LogP contribution in [-0.4, -0.2) is 72.2 Å². The average Bonchev–Trinajstić information content (AvgIpc) is 3.42. The number of aromatic amines is 1. The van der Waals surface area contributed by atoms with E-state index in [1.165, 1.54) is 0 Å². The van der Waals surface area contributed by atoms with Crippen LogP contribution in [0.15, 0.2) is 6.20 Å². The van der Waals surface area contributed by atoms with Crippen LogP contribution >= 0.6 is 0 Å². The highest BCUT2D eigenvalue weighted by molar-refractivity contribution is 5.93. The number of aryl methyl sites for hydroxylation is 1. The van der Waals surface area contributed by atoms with Gasteiger partial charge in [-0.05, 0) is 38.0 Å². The molecular weight excluding hydrogens is 414 g/mol. The zero-order valence-corrected chi connectivity index (χ0v) is 17.5. The predicted molar refractivity (Wildman–Crippen MR) is 108 cm³/mol. The van der Waals surface area contributed by atoms with Gasteiger partial charge in [0.05, 0.1) is 36.1 Å². The second-order valence-corrected chi connectivity index (χ2v) is 9.24. The lowest BCUT2D eigenvalue weighted by molar-refractivity contribution is -0.139. The van der Waals surface area contributed by atoms with Crippen LogP contribution in [0.2, 0.25) is 0 Å². The summed E-state index contributed by atoms with van der Waals surface area (Å²) < 4.78 is 1.76. The lowest BCUT2D eigenvalue weighted by Gasteiger charge is -2.40. The highest BCUT2D eigenvalue weighted by Gasteiger charge is 2.50. The molecule has 6 rings (SSSR count). The van der Waals surface area contributed by atoms with Gasteiger partial charge in [0.25, 0.3) is 0 Å². The van der Waals surface area contributed by atoms with Crippen LogP contribution in [0.3, 0.4) is 0 Å². The molecule has 2 aromatic heterocycles. The molecule has 0 bridgehead atoms. The predicted octanol–water partition coefficient (Wildman–Crippen LogP) is -0.960. The van der Waals surface area contributed by atoms with Crippen molar-refractivity contribution < 1.29 is 14.4 Å². The molecule has 0 spiro atoms. The molecule has 3 fully saturated rings. The van der Waals surface area contributed by atoms with E-state index in [1.54, 1.807) is 4.68 Å². The van der Waals surface area contributed by atoms with Crippen molar-refractivity contribution in [1.82, 2.24) is 45.9 Å². The van der Waals surface area contributed by atoms with Gasteiger partial charge in [0, 0.05) is 19.0 Å². The Morgan fingerprint density at radius 1 is 1.19 bits per heavy atom. The quantitative estimate of drug-likeness (QED) is 0.543. The Balaban J connectivity index is 1.01. The second kappa shape index (κ2) is 7.38. The van der Waals surface area contributed by atoms with Gasteiger partial charge in [0.2, 0.25) is 17.7 Å². The van der Waals surface area contributed by atoms with E-state index in [4.69, 9.17) is 0 Å². The number of hydrogen-bond donors (Lipinski definition) is 3. The highest BCUT2D eigenvalue weighted by Crippen LogP contribution is 2.41. The van der Waals surface area contributed by atoms with Crippen LogP contribution in [-0.2, 0) is 27.3 Å². The van der Waals surface area contributed by atoms with Crippen LogP contribution in [0.4, 0.5) is 0 Å². The molecule has 2 aliphatic heterocycles. The number of amides is 3. The minimum atomic E-state index is -0.437. The molecule has 3 N–H and O–H groups in total. The molecule has 12 heteroatoms. The van der Waals surface area contributed by atoms with Crippen LogP contribution < -0.4 is 10.6 Å². The van der Waals surface area contributed by atoms with Crippen molar-refractivity contribution in [2.75, 3.05) is 13.1 Å². The highest BCUT2D eigenvalue weighted by atomic mass is 16.2. The fraction of sp³-hybridized carbons (Fsp3) is 0.650. The molecule has 0 radical (unpaired) electrons. The number of nitrogens with zero attached hydrogens (tertiary/aromatic N) is 6. The van der Waals surface area contributed by atoms with Crippen molar-refractivity contribution >= 4 is 17.7 Å². The maximum atomic E-state index is 12.9. The van der Waals surface area contributed by atoms with E-state index in [0.29, 0.717) is 18.8 Å². The van der Waals surface area contributed by atoms with E-state index in [2.05, 4.69) is 36.4 Å². The zero-order chi connectivity index (χ0) is 21.8. The van der Waals surface area contributed by atoms with Gasteiger partial charge in [0.15, 0.2) is 0 Å². The Kier molecular flexibility index (Phi) is 4.47. The number of likely N-dealkylation sites (tertiary alicyclic amines) is 1. The van der Waals surface area contributed by atoms with Crippen LogP contribution in [0, 0.1) is 11.8 Å². The SMILES string of the molecule is O=C1N[C@@H](C(=O)NCc2cn(C3CN(C(=O)C4CCCc5n[nH]nc54)C3)nn2)[C@@H]2CC[C@H]12. The second-order valence-electron chi connectivity index (χ2n) is 9.24. The van der Waals surface area contributed by atoms with Gasteiger partial charge < -0.3 is 15.5 Å².